The van der Waals surface area contributed by atoms with Gasteiger partial charge in [-0.2, -0.15) is 0 Å². The molecule has 190 valence electrons. The summed E-state index contributed by atoms with van der Waals surface area (Å²) < 4.78 is 5.78. The first-order chi connectivity index (χ1) is 18.5. The molecule has 0 saturated carbocycles. The van der Waals surface area contributed by atoms with Crippen molar-refractivity contribution >= 4 is 41.3 Å². The van der Waals surface area contributed by atoms with Gasteiger partial charge in [0.25, 0.3) is 0 Å². The number of benzene rings is 3. The Kier molecular flexibility index (Phi) is 6.60. The topological polar surface area (TPSA) is 90.1 Å². The maximum absolute atomic E-state index is 10.9. The van der Waals surface area contributed by atoms with Crippen molar-refractivity contribution in [2.24, 2.45) is 0 Å². The van der Waals surface area contributed by atoms with Crippen LogP contribution in [0.15, 0.2) is 60.7 Å². The lowest BCUT2D eigenvalue weighted by Crippen LogP contribution is -2.44. The third-order valence-electron chi connectivity index (χ3n) is 7.03. The van der Waals surface area contributed by atoms with Crippen LogP contribution in [0.5, 0.6) is 5.75 Å². The first kappa shape index (κ1) is 24.2. The quantitative estimate of drug-likeness (QED) is 0.241. The average Bonchev–Trinajstić information content (AvgIpc) is 3.55. The molecule has 8 nitrogen and oxygen atoms in total. The van der Waals surface area contributed by atoms with E-state index in [1.807, 2.05) is 36.4 Å². The maximum Gasteiger partial charge on any atom is 0.167 e. The number of aromatic nitrogens is 4. The number of carbonyl (C=O) groups excluding carboxylic acids is 1. The maximum atomic E-state index is 10.9. The second kappa shape index (κ2) is 10.3. The SMILES string of the molecule is [B]C(=O)CCCOc1cccc(-c2nc3ccc(-c4nc5ccc(N6CCN(C)CC6)cc5[nH]4)cc3[nH]2)c1. The van der Waals surface area contributed by atoms with E-state index in [1.54, 1.807) is 0 Å². The van der Waals surface area contributed by atoms with Gasteiger partial charge in [-0.1, -0.05) is 12.1 Å². The third-order valence-corrected chi connectivity index (χ3v) is 7.03. The molecular weight excluding hydrogens is 475 g/mol. The van der Waals surface area contributed by atoms with Gasteiger partial charge in [0.15, 0.2) is 7.85 Å². The molecule has 2 aromatic heterocycles. The molecule has 0 spiro atoms. The van der Waals surface area contributed by atoms with Crippen molar-refractivity contribution in [1.29, 1.82) is 0 Å². The number of piperazine rings is 1. The summed E-state index contributed by atoms with van der Waals surface area (Å²) >= 11 is 0. The van der Waals surface area contributed by atoms with Gasteiger partial charge in [0.05, 0.1) is 34.4 Å². The first-order valence-corrected chi connectivity index (χ1v) is 13.0. The van der Waals surface area contributed by atoms with Crippen molar-refractivity contribution < 1.29 is 9.53 Å². The van der Waals surface area contributed by atoms with Crippen LogP contribution in [0.3, 0.4) is 0 Å². The summed E-state index contributed by atoms with van der Waals surface area (Å²) in [5, 5.41) is 0. The van der Waals surface area contributed by atoms with Gasteiger partial charge >= 0.3 is 0 Å². The first-order valence-electron chi connectivity index (χ1n) is 13.0. The lowest BCUT2D eigenvalue weighted by Gasteiger charge is -2.34. The fourth-order valence-electron chi connectivity index (χ4n) is 4.86. The smallest absolute Gasteiger partial charge is 0.167 e. The molecule has 2 N–H and O–H groups in total. The van der Waals surface area contributed by atoms with Crippen molar-refractivity contribution in [3.63, 3.8) is 0 Å². The van der Waals surface area contributed by atoms with E-state index in [0.29, 0.717) is 19.4 Å². The predicted octanol–water partition coefficient (Wildman–Crippen LogP) is 4.38. The lowest BCUT2D eigenvalue weighted by molar-refractivity contribution is -0.111. The van der Waals surface area contributed by atoms with Crippen molar-refractivity contribution in [2.45, 2.75) is 12.8 Å². The zero-order chi connectivity index (χ0) is 26.1. The third kappa shape index (κ3) is 5.15. The van der Waals surface area contributed by atoms with E-state index < -0.39 is 0 Å². The molecule has 38 heavy (non-hydrogen) atoms. The van der Waals surface area contributed by atoms with Crippen LogP contribution in [0.4, 0.5) is 5.69 Å². The van der Waals surface area contributed by atoms with Crippen LogP contribution in [0.25, 0.3) is 44.8 Å². The molecule has 1 aliphatic rings. The summed E-state index contributed by atoms with van der Waals surface area (Å²) in [4.78, 5) is 32.3. The normalized spacial score (nSPS) is 14.4. The Bertz CT molecular complexity index is 1600. The number of rotatable bonds is 8. The molecule has 2 radical (unpaired) electrons. The highest BCUT2D eigenvalue weighted by Crippen LogP contribution is 2.29. The minimum absolute atomic E-state index is 0.314. The molecular formula is C29H29BN6O2. The molecule has 6 rings (SSSR count). The minimum atomic E-state index is -0.318. The van der Waals surface area contributed by atoms with Crippen molar-refractivity contribution in [3.8, 4) is 28.5 Å². The molecule has 3 heterocycles. The van der Waals surface area contributed by atoms with E-state index in [2.05, 4.69) is 51.1 Å². The van der Waals surface area contributed by atoms with Gasteiger partial charge in [-0.15, -0.1) is 0 Å². The van der Waals surface area contributed by atoms with Crippen LogP contribution in [-0.2, 0) is 4.79 Å². The monoisotopic (exact) mass is 504 g/mol. The van der Waals surface area contributed by atoms with Crippen molar-refractivity contribution in [1.82, 2.24) is 24.8 Å². The van der Waals surface area contributed by atoms with Crippen LogP contribution in [0.1, 0.15) is 12.8 Å². The average molecular weight is 504 g/mol. The van der Waals surface area contributed by atoms with E-state index in [1.165, 1.54) is 5.69 Å². The van der Waals surface area contributed by atoms with E-state index in [4.69, 9.17) is 22.6 Å². The fourth-order valence-corrected chi connectivity index (χ4v) is 4.86. The van der Waals surface area contributed by atoms with Gasteiger partial charge in [0.1, 0.15) is 17.4 Å². The molecule has 0 unspecified atom stereocenters. The Hall–Kier alpha value is -4.11. The number of likely N-dealkylation sites (N-methyl/N-ethyl adjacent to an activating group) is 1. The van der Waals surface area contributed by atoms with E-state index in [0.717, 1.165) is 76.8 Å². The Labute approximate surface area is 222 Å². The number of hydrogen-bond acceptors (Lipinski definition) is 6. The molecule has 1 aliphatic heterocycles. The molecule has 1 fully saturated rings. The number of nitrogens with zero attached hydrogens (tertiary/aromatic N) is 4. The van der Waals surface area contributed by atoms with Gasteiger partial charge < -0.3 is 29.3 Å². The number of ether oxygens (including phenoxy) is 1. The molecule has 0 aliphatic carbocycles. The number of aromatic amines is 2. The lowest BCUT2D eigenvalue weighted by atomic mass is 9.98. The van der Waals surface area contributed by atoms with Crippen molar-refractivity contribution in [3.05, 3.63) is 60.7 Å². The number of fused-ring (bicyclic) bond motifs is 2. The number of anilines is 1. The second-order valence-corrected chi connectivity index (χ2v) is 9.84. The molecule has 5 aromatic rings. The van der Waals surface area contributed by atoms with E-state index in [9.17, 15) is 4.79 Å². The van der Waals surface area contributed by atoms with E-state index >= 15 is 0 Å². The Morgan fingerprint density at radius 1 is 0.895 bits per heavy atom. The highest BCUT2D eigenvalue weighted by Gasteiger charge is 2.16. The molecule has 1 saturated heterocycles. The number of H-pyrrole nitrogens is 2. The van der Waals surface area contributed by atoms with Crippen LogP contribution < -0.4 is 9.64 Å². The predicted molar refractivity (Wildman–Crippen MR) is 152 cm³/mol. The summed E-state index contributed by atoms with van der Waals surface area (Å²) in [6.07, 6.45) is 0.903. The molecule has 3 aromatic carbocycles. The zero-order valence-electron chi connectivity index (χ0n) is 21.4. The Morgan fingerprint density at radius 2 is 1.58 bits per heavy atom. The van der Waals surface area contributed by atoms with Crippen LogP contribution in [-0.4, -0.2) is 78.2 Å². The molecule has 9 heteroatoms. The summed E-state index contributed by atoms with van der Waals surface area (Å²) in [5.74, 6) is 2.33. The Balaban J connectivity index is 1.22. The van der Waals surface area contributed by atoms with Crippen LogP contribution in [0, 0.1) is 0 Å². The van der Waals surface area contributed by atoms with Gasteiger partial charge in [-0.25, -0.2) is 9.97 Å². The number of nitrogens with one attached hydrogen (secondary N) is 2. The zero-order valence-corrected chi connectivity index (χ0v) is 21.4. The minimum Gasteiger partial charge on any atom is -0.494 e. The summed E-state index contributed by atoms with van der Waals surface area (Å²) in [6, 6.07) is 20.4. The van der Waals surface area contributed by atoms with Gasteiger partial charge in [-0.05, 0) is 68.4 Å². The fraction of sp³-hybridized carbons (Fsp3) is 0.276. The van der Waals surface area contributed by atoms with Gasteiger partial charge in [0.2, 0.25) is 0 Å². The highest BCUT2D eigenvalue weighted by atomic mass is 16.5. The summed E-state index contributed by atoms with van der Waals surface area (Å²) in [6.45, 7) is 4.65. The van der Waals surface area contributed by atoms with E-state index in [-0.39, 0.29) is 5.68 Å². The molecule has 0 amide bonds. The second-order valence-electron chi connectivity index (χ2n) is 9.84. The largest absolute Gasteiger partial charge is 0.494 e. The standard InChI is InChI=1S/C29H29BN6O2/c1-35-11-13-36(14-12-35)21-8-10-24-26(18-21)34-29(32-24)20-7-9-23-25(17-20)33-28(31-23)19-4-2-5-22(16-19)38-15-3-6-27(30)37/h2,4-5,7-10,16-18H,3,6,11-15H2,1H3,(H,31,33)(H,32,34). The Morgan fingerprint density at radius 3 is 2.32 bits per heavy atom. The molecule has 0 bridgehead atoms. The highest BCUT2D eigenvalue weighted by molar-refractivity contribution is 6.57. The van der Waals surface area contributed by atoms with Gasteiger partial charge in [0, 0.05) is 43.0 Å². The number of hydrogen-bond donors (Lipinski definition) is 2. The van der Waals surface area contributed by atoms with Crippen molar-refractivity contribution in [2.75, 3.05) is 44.7 Å². The summed E-state index contributed by atoms with van der Waals surface area (Å²) in [5.41, 5.74) is 6.64. The number of imidazole rings is 2. The number of carbonyl (C=O) groups is 1. The molecule has 0 atom stereocenters. The van der Waals surface area contributed by atoms with Crippen LogP contribution >= 0.6 is 0 Å². The summed E-state index contributed by atoms with van der Waals surface area (Å²) in [7, 11) is 7.37. The van der Waals surface area contributed by atoms with Crippen LogP contribution in [0.2, 0.25) is 0 Å². The van der Waals surface area contributed by atoms with Gasteiger partial charge in [-0.3, -0.25) is 0 Å².